The van der Waals surface area contributed by atoms with Gasteiger partial charge in [0, 0.05) is 25.2 Å². The summed E-state index contributed by atoms with van der Waals surface area (Å²) in [6.07, 6.45) is 1.62. The van der Waals surface area contributed by atoms with Crippen LogP contribution in [0.4, 0.5) is 22.9 Å². The highest BCUT2D eigenvalue weighted by Crippen LogP contribution is 2.29. The van der Waals surface area contributed by atoms with Crippen molar-refractivity contribution in [3.63, 3.8) is 0 Å². The highest BCUT2D eigenvalue weighted by molar-refractivity contribution is 6.33. The number of carbonyl (C=O) groups is 1. The van der Waals surface area contributed by atoms with Crippen LogP contribution in [0.2, 0.25) is 5.02 Å². The van der Waals surface area contributed by atoms with Crippen LogP contribution in [-0.2, 0) is 4.79 Å². The summed E-state index contributed by atoms with van der Waals surface area (Å²) < 4.78 is 0. The molecule has 2 N–H and O–H groups in total. The molecule has 124 valence electrons. The van der Waals surface area contributed by atoms with Crippen LogP contribution < -0.4 is 15.5 Å². The molecular formula is C15H14ClN5O3. The SMILES string of the molecule is O=C1CN(c2ccc(Nc3ccc([N+](=O)[O-])cc3Cl)cn2)CCN1. The molecule has 1 aromatic heterocycles. The van der Waals surface area contributed by atoms with Crippen molar-refractivity contribution in [2.45, 2.75) is 0 Å². The lowest BCUT2D eigenvalue weighted by atomic mass is 10.2. The van der Waals surface area contributed by atoms with Crippen molar-refractivity contribution >= 4 is 40.4 Å². The van der Waals surface area contributed by atoms with Crippen LogP contribution in [0.1, 0.15) is 0 Å². The minimum Gasteiger partial charge on any atom is -0.353 e. The van der Waals surface area contributed by atoms with Gasteiger partial charge in [-0.05, 0) is 18.2 Å². The zero-order chi connectivity index (χ0) is 17.1. The van der Waals surface area contributed by atoms with Crippen LogP contribution in [0.15, 0.2) is 36.5 Å². The number of non-ortho nitro benzene ring substituents is 1. The van der Waals surface area contributed by atoms with Crippen molar-refractivity contribution in [2.75, 3.05) is 29.9 Å². The van der Waals surface area contributed by atoms with Gasteiger partial charge in [-0.3, -0.25) is 14.9 Å². The minimum absolute atomic E-state index is 0.0251. The molecule has 9 heteroatoms. The average molecular weight is 348 g/mol. The molecule has 0 aliphatic carbocycles. The molecule has 0 spiro atoms. The minimum atomic E-state index is -0.499. The summed E-state index contributed by atoms with van der Waals surface area (Å²) in [5, 5.41) is 16.8. The normalized spacial score (nSPS) is 14.2. The number of pyridine rings is 1. The summed E-state index contributed by atoms with van der Waals surface area (Å²) in [7, 11) is 0. The zero-order valence-corrected chi connectivity index (χ0v) is 13.3. The van der Waals surface area contributed by atoms with Gasteiger partial charge in [-0.25, -0.2) is 4.98 Å². The van der Waals surface area contributed by atoms with Crippen molar-refractivity contribution < 1.29 is 9.72 Å². The Bertz CT molecular complexity index is 781. The molecular weight excluding hydrogens is 334 g/mol. The second-order valence-corrected chi connectivity index (χ2v) is 5.63. The van der Waals surface area contributed by atoms with E-state index in [-0.39, 0.29) is 23.2 Å². The van der Waals surface area contributed by atoms with Gasteiger partial charge in [0.05, 0.1) is 34.1 Å². The third-order valence-electron chi connectivity index (χ3n) is 3.55. The van der Waals surface area contributed by atoms with Crippen LogP contribution >= 0.6 is 11.6 Å². The van der Waals surface area contributed by atoms with Gasteiger partial charge in [-0.15, -0.1) is 0 Å². The summed E-state index contributed by atoms with van der Waals surface area (Å²) in [6, 6.07) is 7.83. The molecule has 1 saturated heterocycles. The van der Waals surface area contributed by atoms with E-state index in [1.807, 2.05) is 11.0 Å². The largest absolute Gasteiger partial charge is 0.353 e. The number of aromatic nitrogens is 1. The predicted molar refractivity (Wildman–Crippen MR) is 90.8 cm³/mol. The Morgan fingerprint density at radius 3 is 2.79 bits per heavy atom. The van der Waals surface area contributed by atoms with Crippen molar-refractivity contribution in [3.8, 4) is 0 Å². The van der Waals surface area contributed by atoms with Crippen molar-refractivity contribution in [3.05, 3.63) is 51.7 Å². The van der Waals surface area contributed by atoms with Crippen molar-refractivity contribution in [1.82, 2.24) is 10.3 Å². The number of hydrogen-bond acceptors (Lipinski definition) is 6. The summed E-state index contributed by atoms with van der Waals surface area (Å²) in [6.45, 7) is 1.59. The van der Waals surface area contributed by atoms with Crippen LogP contribution in [0.5, 0.6) is 0 Å². The number of nitro benzene ring substituents is 1. The first-order valence-corrected chi connectivity index (χ1v) is 7.59. The van der Waals surface area contributed by atoms with Gasteiger partial charge in [0.15, 0.2) is 0 Å². The Labute approximate surface area is 142 Å². The van der Waals surface area contributed by atoms with E-state index in [9.17, 15) is 14.9 Å². The highest BCUT2D eigenvalue weighted by Gasteiger charge is 2.17. The number of hydrogen-bond donors (Lipinski definition) is 2. The Balaban J connectivity index is 1.72. The van der Waals surface area contributed by atoms with Crippen LogP contribution in [0.25, 0.3) is 0 Å². The molecule has 0 radical (unpaired) electrons. The molecule has 0 bridgehead atoms. The molecule has 2 heterocycles. The molecule has 0 saturated carbocycles. The molecule has 24 heavy (non-hydrogen) atoms. The Morgan fingerprint density at radius 2 is 2.17 bits per heavy atom. The third kappa shape index (κ3) is 3.54. The maximum Gasteiger partial charge on any atom is 0.271 e. The lowest BCUT2D eigenvalue weighted by Crippen LogP contribution is -2.48. The third-order valence-corrected chi connectivity index (χ3v) is 3.87. The maximum atomic E-state index is 11.4. The standard InChI is InChI=1S/C15H14ClN5O3/c16-12-7-11(21(23)24)2-3-13(12)19-10-1-4-14(18-8-10)20-6-5-17-15(22)9-20/h1-4,7-8,19H,5-6,9H2,(H,17,22). The number of rotatable bonds is 4. The first kappa shape index (κ1) is 16.0. The zero-order valence-electron chi connectivity index (χ0n) is 12.5. The van der Waals surface area contributed by atoms with E-state index in [1.165, 1.54) is 12.1 Å². The number of benzene rings is 1. The number of piperazine rings is 1. The molecule has 8 nitrogen and oxygen atoms in total. The Morgan fingerprint density at radius 1 is 1.33 bits per heavy atom. The fourth-order valence-corrected chi connectivity index (χ4v) is 2.58. The molecule has 1 aromatic carbocycles. The number of nitrogens with zero attached hydrogens (tertiary/aromatic N) is 3. The fraction of sp³-hybridized carbons (Fsp3) is 0.200. The van der Waals surface area contributed by atoms with E-state index < -0.39 is 4.92 Å². The second-order valence-electron chi connectivity index (χ2n) is 5.22. The van der Waals surface area contributed by atoms with Gasteiger partial charge in [-0.1, -0.05) is 11.6 Å². The number of halogens is 1. The molecule has 0 atom stereocenters. The first-order valence-electron chi connectivity index (χ1n) is 7.21. The predicted octanol–water partition coefficient (Wildman–Crippen LogP) is 2.32. The van der Waals surface area contributed by atoms with Gasteiger partial charge >= 0.3 is 0 Å². The molecule has 0 unspecified atom stereocenters. The summed E-state index contributed by atoms with van der Waals surface area (Å²) in [5.74, 6) is 0.688. The number of nitro groups is 1. The molecule has 1 amide bonds. The van der Waals surface area contributed by atoms with Gasteiger partial charge in [0.25, 0.3) is 5.69 Å². The van der Waals surface area contributed by atoms with Gasteiger partial charge in [0.1, 0.15) is 5.82 Å². The van der Waals surface area contributed by atoms with E-state index in [0.29, 0.717) is 30.3 Å². The maximum absolute atomic E-state index is 11.4. The monoisotopic (exact) mass is 347 g/mol. The van der Waals surface area contributed by atoms with Gasteiger partial charge < -0.3 is 15.5 Å². The van der Waals surface area contributed by atoms with E-state index >= 15 is 0 Å². The van der Waals surface area contributed by atoms with Crippen LogP contribution in [0, 0.1) is 10.1 Å². The van der Waals surface area contributed by atoms with Crippen molar-refractivity contribution in [1.29, 1.82) is 0 Å². The van der Waals surface area contributed by atoms with E-state index in [2.05, 4.69) is 15.6 Å². The molecule has 3 rings (SSSR count). The van der Waals surface area contributed by atoms with Crippen molar-refractivity contribution in [2.24, 2.45) is 0 Å². The lowest BCUT2D eigenvalue weighted by molar-refractivity contribution is -0.384. The molecule has 1 aliphatic rings. The number of amides is 1. The molecule has 2 aromatic rings. The summed E-state index contributed by atoms with van der Waals surface area (Å²) in [5.41, 5.74) is 1.17. The van der Waals surface area contributed by atoms with E-state index in [4.69, 9.17) is 11.6 Å². The summed E-state index contributed by atoms with van der Waals surface area (Å²) in [4.78, 5) is 27.9. The molecule has 1 fully saturated rings. The number of nitrogens with one attached hydrogen (secondary N) is 2. The summed E-state index contributed by atoms with van der Waals surface area (Å²) >= 11 is 6.05. The smallest absolute Gasteiger partial charge is 0.271 e. The van der Waals surface area contributed by atoms with Gasteiger partial charge in [-0.2, -0.15) is 0 Å². The van der Waals surface area contributed by atoms with E-state index in [0.717, 1.165) is 0 Å². The number of anilines is 3. The highest BCUT2D eigenvalue weighted by atomic mass is 35.5. The lowest BCUT2D eigenvalue weighted by Gasteiger charge is -2.27. The van der Waals surface area contributed by atoms with E-state index in [1.54, 1.807) is 18.3 Å². The average Bonchev–Trinajstić information content (AvgIpc) is 2.57. The molecule has 1 aliphatic heterocycles. The van der Waals surface area contributed by atoms with Gasteiger partial charge in [0.2, 0.25) is 5.91 Å². The fourth-order valence-electron chi connectivity index (χ4n) is 2.36. The first-order chi connectivity index (χ1) is 11.5. The topological polar surface area (TPSA) is 100 Å². The van der Waals surface area contributed by atoms with Crippen LogP contribution in [0.3, 0.4) is 0 Å². The Kier molecular flexibility index (Phi) is 4.48. The Hall–Kier alpha value is -2.87. The quantitative estimate of drug-likeness (QED) is 0.650. The number of carbonyl (C=O) groups excluding carboxylic acids is 1. The van der Waals surface area contributed by atoms with Crippen LogP contribution in [-0.4, -0.2) is 35.4 Å². The second kappa shape index (κ2) is 6.71.